The van der Waals surface area contributed by atoms with Crippen molar-refractivity contribution in [2.45, 2.75) is 44.3 Å². The molecule has 2 aliphatic carbocycles. The Balaban J connectivity index is 1.46. The van der Waals surface area contributed by atoms with Gasteiger partial charge in [0.2, 0.25) is 0 Å². The largest absolute Gasteiger partial charge is 0.468 e. The predicted octanol–water partition coefficient (Wildman–Crippen LogP) is 2.00. The lowest BCUT2D eigenvalue weighted by Crippen LogP contribution is -2.34. The standard InChI is InChI=1S/C13H20N2O/c1-2-13(16-9-1)10-15(12-5-6-12)8-7-14-11-3-4-11/h1-2,9,11-12,14H,3-8,10H2. The molecule has 0 spiro atoms. The van der Waals surface area contributed by atoms with Gasteiger partial charge in [-0.2, -0.15) is 0 Å². The van der Waals surface area contributed by atoms with Crippen molar-refractivity contribution >= 4 is 0 Å². The van der Waals surface area contributed by atoms with E-state index in [1.165, 1.54) is 25.7 Å². The molecule has 0 bridgehead atoms. The molecule has 1 heterocycles. The Bertz CT molecular complexity index is 315. The summed E-state index contributed by atoms with van der Waals surface area (Å²) in [5.74, 6) is 1.10. The van der Waals surface area contributed by atoms with Crippen LogP contribution in [0.1, 0.15) is 31.4 Å². The summed E-state index contributed by atoms with van der Waals surface area (Å²) >= 11 is 0. The van der Waals surface area contributed by atoms with E-state index in [1.54, 1.807) is 6.26 Å². The van der Waals surface area contributed by atoms with Crippen LogP contribution in [0.15, 0.2) is 22.8 Å². The van der Waals surface area contributed by atoms with E-state index in [4.69, 9.17) is 4.42 Å². The predicted molar refractivity (Wildman–Crippen MR) is 63.2 cm³/mol. The van der Waals surface area contributed by atoms with Crippen molar-refractivity contribution in [3.05, 3.63) is 24.2 Å². The third-order valence-electron chi connectivity index (χ3n) is 3.41. The SMILES string of the molecule is c1coc(CN(CCNC2CC2)C2CC2)c1. The van der Waals surface area contributed by atoms with Crippen LogP contribution in [0.3, 0.4) is 0 Å². The second-order valence-electron chi connectivity index (χ2n) is 5.01. The summed E-state index contributed by atoms with van der Waals surface area (Å²) < 4.78 is 5.42. The van der Waals surface area contributed by atoms with Crippen LogP contribution in [0.25, 0.3) is 0 Å². The van der Waals surface area contributed by atoms with E-state index in [-0.39, 0.29) is 0 Å². The van der Waals surface area contributed by atoms with Crippen LogP contribution in [0, 0.1) is 0 Å². The maximum absolute atomic E-state index is 5.42. The number of hydrogen-bond acceptors (Lipinski definition) is 3. The Morgan fingerprint density at radius 2 is 2.19 bits per heavy atom. The third kappa shape index (κ3) is 2.86. The topological polar surface area (TPSA) is 28.4 Å². The number of nitrogens with one attached hydrogen (secondary N) is 1. The summed E-state index contributed by atoms with van der Waals surface area (Å²) in [4.78, 5) is 2.55. The van der Waals surface area contributed by atoms with Crippen LogP contribution in [0.5, 0.6) is 0 Å². The van der Waals surface area contributed by atoms with E-state index < -0.39 is 0 Å². The number of rotatable bonds is 7. The summed E-state index contributed by atoms with van der Waals surface area (Å²) in [7, 11) is 0. The van der Waals surface area contributed by atoms with E-state index in [9.17, 15) is 0 Å². The van der Waals surface area contributed by atoms with Gasteiger partial charge in [0.05, 0.1) is 12.8 Å². The van der Waals surface area contributed by atoms with Gasteiger partial charge in [0.1, 0.15) is 5.76 Å². The molecule has 0 aromatic carbocycles. The van der Waals surface area contributed by atoms with E-state index in [1.807, 2.05) is 6.07 Å². The van der Waals surface area contributed by atoms with Crippen LogP contribution >= 0.6 is 0 Å². The highest BCUT2D eigenvalue weighted by molar-refractivity contribution is 4.99. The van der Waals surface area contributed by atoms with Crippen molar-refractivity contribution in [1.29, 1.82) is 0 Å². The molecule has 88 valence electrons. The zero-order valence-corrected chi connectivity index (χ0v) is 9.69. The van der Waals surface area contributed by atoms with Gasteiger partial charge in [-0.1, -0.05) is 0 Å². The Labute approximate surface area is 96.8 Å². The Hall–Kier alpha value is -0.800. The summed E-state index contributed by atoms with van der Waals surface area (Å²) in [5.41, 5.74) is 0. The van der Waals surface area contributed by atoms with Crippen LogP contribution in [-0.2, 0) is 6.54 Å². The molecular weight excluding hydrogens is 200 g/mol. The normalized spacial score (nSPS) is 20.6. The Morgan fingerprint density at radius 3 is 2.81 bits per heavy atom. The number of hydrogen-bond donors (Lipinski definition) is 1. The average Bonchev–Trinajstić information content (AvgIpc) is 3.19. The molecule has 0 saturated heterocycles. The van der Waals surface area contributed by atoms with Gasteiger partial charge in [-0.3, -0.25) is 4.90 Å². The molecule has 3 nitrogen and oxygen atoms in total. The van der Waals surface area contributed by atoms with E-state index in [0.29, 0.717) is 0 Å². The van der Waals surface area contributed by atoms with Crippen molar-refractivity contribution in [1.82, 2.24) is 10.2 Å². The summed E-state index contributed by atoms with van der Waals surface area (Å²) in [6.45, 7) is 3.26. The molecule has 2 saturated carbocycles. The molecule has 1 aromatic rings. The van der Waals surface area contributed by atoms with Gasteiger partial charge in [-0.05, 0) is 37.8 Å². The molecule has 0 aliphatic heterocycles. The second-order valence-corrected chi connectivity index (χ2v) is 5.01. The van der Waals surface area contributed by atoms with E-state index >= 15 is 0 Å². The zero-order chi connectivity index (χ0) is 10.8. The highest BCUT2D eigenvalue weighted by atomic mass is 16.3. The number of nitrogens with zero attached hydrogens (tertiary/aromatic N) is 1. The molecule has 2 aliphatic rings. The number of furan rings is 1. The molecule has 0 amide bonds. The van der Waals surface area contributed by atoms with Crippen LogP contribution < -0.4 is 5.32 Å². The molecule has 0 atom stereocenters. The minimum absolute atomic E-state index is 0.811. The van der Waals surface area contributed by atoms with Gasteiger partial charge < -0.3 is 9.73 Å². The van der Waals surface area contributed by atoms with Gasteiger partial charge in [-0.25, -0.2) is 0 Å². The van der Waals surface area contributed by atoms with Gasteiger partial charge in [0.25, 0.3) is 0 Å². The highest BCUT2D eigenvalue weighted by Gasteiger charge is 2.29. The Kier molecular flexibility index (Phi) is 2.98. The first-order chi connectivity index (χ1) is 7.92. The smallest absolute Gasteiger partial charge is 0.117 e. The average molecular weight is 220 g/mol. The van der Waals surface area contributed by atoms with Crippen LogP contribution in [-0.4, -0.2) is 30.1 Å². The fourth-order valence-electron chi connectivity index (χ4n) is 2.13. The van der Waals surface area contributed by atoms with Gasteiger partial charge >= 0.3 is 0 Å². The quantitative estimate of drug-likeness (QED) is 0.762. The van der Waals surface area contributed by atoms with Crippen LogP contribution in [0.4, 0.5) is 0 Å². The second kappa shape index (κ2) is 4.60. The fraction of sp³-hybridized carbons (Fsp3) is 0.692. The van der Waals surface area contributed by atoms with Crippen molar-refractivity contribution in [2.75, 3.05) is 13.1 Å². The minimum Gasteiger partial charge on any atom is -0.468 e. The molecule has 16 heavy (non-hydrogen) atoms. The fourth-order valence-corrected chi connectivity index (χ4v) is 2.13. The highest BCUT2D eigenvalue weighted by Crippen LogP contribution is 2.28. The molecule has 0 unspecified atom stereocenters. The monoisotopic (exact) mass is 220 g/mol. The zero-order valence-electron chi connectivity index (χ0n) is 9.69. The van der Waals surface area contributed by atoms with Crippen molar-refractivity contribution in [3.63, 3.8) is 0 Å². The molecular formula is C13H20N2O. The first kappa shape index (κ1) is 10.4. The minimum atomic E-state index is 0.811. The summed E-state index contributed by atoms with van der Waals surface area (Å²) in [6.07, 6.45) is 7.25. The molecule has 0 radical (unpaired) electrons. The molecule has 2 fully saturated rings. The lowest BCUT2D eigenvalue weighted by atomic mass is 10.3. The summed E-state index contributed by atoms with van der Waals surface area (Å²) in [5, 5.41) is 3.58. The third-order valence-corrected chi connectivity index (χ3v) is 3.41. The molecule has 3 heteroatoms. The van der Waals surface area contributed by atoms with Crippen LogP contribution in [0.2, 0.25) is 0 Å². The summed E-state index contributed by atoms with van der Waals surface area (Å²) in [6, 6.07) is 5.68. The van der Waals surface area contributed by atoms with Crippen molar-refractivity contribution in [2.24, 2.45) is 0 Å². The molecule has 1 aromatic heterocycles. The first-order valence-corrected chi connectivity index (χ1v) is 6.41. The van der Waals surface area contributed by atoms with Crippen molar-refractivity contribution < 1.29 is 4.42 Å². The maximum atomic E-state index is 5.42. The maximum Gasteiger partial charge on any atom is 0.117 e. The molecule has 3 rings (SSSR count). The van der Waals surface area contributed by atoms with E-state index in [0.717, 1.165) is 37.5 Å². The van der Waals surface area contributed by atoms with Gasteiger partial charge in [-0.15, -0.1) is 0 Å². The Morgan fingerprint density at radius 1 is 1.31 bits per heavy atom. The van der Waals surface area contributed by atoms with E-state index in [2.05, 4.69) is 16.3 Å². The first-order valence-electron chi connectivity index (χ1n) is 6.41. The van der Waals surface area contributed by atoms with Gasteiger partial charge in [0.15, 0.2) is 0 Å². The molecule has 1 N–H and O–H groups in total. The van der Waals surface area contributed by atoms with Gasteiger partial charge in [0, 0.05) is 25.2 Å². The lowest BCUT2D eigenvalue weighted by Gasteiger charge is -2.20. The van der Waals surface area contributed by atoms with Crippen molar-refractivity contribution in [3.8, 4) is 0 Å². The lowest BCUT2D eigenvalue weighted by molar-refractivity contribution is 0.233.